The van der Waals surface area contributed by atoms with E-state index in [0.29, 0.717) is 11.5 Å². The summed E-state index contributed by atoms with van der Waals surface area (Å²) in [5, 5.41) is 3.14. The molecule has 0 aromatic heterocycles. The molecule has 0 spiro atoms. The molecule has 1 aliphatic heterocycles. The van der Waals surface area contributed by atoms with Crippen LogP contribution < -0.4 is 10.0 Å². The highest BCUT2D eigenvalue weighted by Gasteiger charge is 2.30. The number of carbonyl (C=O) groups is 1. The average Bonchev–Trinajstić information content (AvgIpc) is 3.21. The van der Waals surface area contributed by atoms with Crippen LogP contribution in [0.5, 0.6) is 0 Å². The number of benzene rings is 1. The van der Waals surface area contributed by atoms with Gasteiger partial charge in [-0.2, -0.15) is 0 Å². The lowest BCUT2D eigenvalue weighted by Crippen LogP contribution is -2.31. The third-order valence-corrected chi connectivity index (χ3v) is 5.87. The molecule has 1 heterocycles. The standard InChI is InChI=1S/C16H23N3O3S.ClH/c1-17-10-12-7-8-19(11-12)16(20)13-3-2-4-15(9-13)23(21,22)18-14-5-6-14;/h2-4,9,12,14,17-18H,5-8,10-11H2,1H3;1H. The van der Waals surface area contributed by atoms with Crippen LogP contribution in [-0.2, 0) is 10.0 Å². The second-order valence-electron chi connectivity index (χ2n) is 6.39. The molecule has 2 aliphatic rings. The molecule has 1 unspecified atom stereocenters. The number of halogens is 1. The zero-order chi connectivity index (χ0) is 16.4. The van der Waals surface area contributed by atoms with Crippen molar-refractivity contribution in [1.29, 1.82) is 0 Å². The lowest BCUT2D eigenvalue weighted by Gasteiger charge is -2.17. The normalized spacial score (nSPS) is 20.7. The SMILES string of the molecule is CNCC1CCN(C(=O)c2cccc(S(=O)(=O)NC3CC3)c2)C1.Cl. The number of nitrogens with one attached hydrogen (secondary N) is 2. The summed E-state index contributed by atoms with van der Waals surface area (Å²) in [6.45, 7) is 2.34. The predicted molar refractivity (Wildman–Crippen MR) is 95.0 cm³/mol. The summed E-state index contributed by atoms with van der Waals surface area (Å²) in [7, 11) is -1.62. The lowest BCUT2D eigenvalue weighted by molar-refractivity contribution is 0.0787. The van der Waals surface area contributed by atoms with Gasteiger partial charge in [0.2, 0.25) is 10.0 Å². The van der Waals surface area contributed by atoms with E-state index in [9.17, 15) is 13.2 Å². The van der Waals surface area contributed by atoms with Gasteiger partial charge in [-0.3, -0.25) is 4.79 Å². The van der Waals surface area contributed by atoms with Gasteiger partial charge in [-0.05, 0) is 57.0 Å². The number of rotatable bonds is 6. The Kier molecular flexibility index (Phi) is 6.25. The van der Waals surface area contributed by atoms with Crippen molar-refractivity contribution in [3.05, 3.63) is 29.8 Å². The molecule has 2 N–H and O–H groups in total. The molecule has 1 saturated heterocycles. The van der Waals surface area contributed by atoms with Gasteiger partial charge in [0.25, 0.3) is 5.91 Å². The van der Waals surface area contributed by atoms with Crippen LogP contribution >= 0.6 is 12.4 Å². The first-order chi connectivity index (χ1) is 11.0. The molecule has 8 heteroatoms. The van der Waals surface area contributed by atoms with E-state index in [1.165, 1.54) is 12.1 Å². The Morgan fingerprint density at radius 3 is 2.71 bits per heavy atom. The van der Waals surface area contributed by atoms with Gasteiger partial charge in [0, 0.05) is 24.7 Å². The molecule has 134 valence electrons. The molecule has 0 radical (unpaired) electrons. The fraction of sp³-hybridized carbons (Fsp3) is 0.562. The Hall–Kier alpha value is -1.15. The number of sulfonamides is 1. The fourth-order valence-corrected chi connectivity index (χ4v) is 4.29. The summed E-state index contributed by atoms with van der Waals surface area (Å²) >= 11 is 0. The second kappa shape index (κ2) is 7.82. The van der Waals surface area contributed by atoms with Gasteiger partial charge in [0.15, 0.2) is 0 Å². The highest BCUT2D eigenvalue weighted by atomic mass is 35.5. The van der Waals surface area contributed by atoms with Gasteiger partial charge < -0.3 is 10.2 Å². The molecule has 0 bridgehead atoms. The zero-order valence-electron chi connectivity index (χ0n) is 13.7. The average molecular weight is 374 g/mol. The number of nitrogens with zero attached hydrogens (tertiary/aromatic N) is 1. The maximum Gasteiger partial charge on any atom is 0.253 e. The summed E-state index contributed by atoms with van der Waals surface area (Å²) < 4.78 is 27.2. The number of carbonyl (C=O) groups excluding carboxylic acids is 1. The van der Waals surface area contributed by atoms with E-state index >= 15 is 0 Å². The first-order valence-corrected chi connectivity index (χ1v) is 9.54. The van der Waals surface area contributed by atoms with Gasteiger partial charge in [-0.25, -0.2) is 13.1 Å². The van der Waals surface area contributed by atoms with E-state index in [2.05, 4.69) is 10.0 Å². The van der Waals surface area contributed by atoms with Crippen molar-refractivity contribution < 1.29 is 13.2 Å². The number of hydrogen-bond acceptors (Lipinski definition) is 4. The molecule has 1 atom stereocenters. The zero-order valence-corrected chi connectivity index (χ0v) is 15.3. The summed E-state index contributed by atoms with van der Waals surface area (Å²) in [6.07, 6.45) is 2.75. The fourth-order valence-electron chi connectivity index (χ4n) is 2.94. The van der Waals surface area contributed by atoms with Gasteiger partial charge >= 0.3 is 0 Å². The van der Waals surface area contributed by atoms with Crippen molar-refractivity contribution in [3.8, 4) is 0 Å². The van der Waals surface area contributed by atoms with Crippen molar-refractivity contribution in [2.24, 2.45) is 5.92 Å². The van der Waals surface area contributed by atoms with Gasteiger partial charge in [0.05, 0.1) is 4.90 Å². The Bertz CT molecular complexity index is 692. The van der Waals surface area contributed by atoms with Crippen LogP contribution in [0.4, 0.5) is 0 Å². The minimum absolute atomic E-state index is 0. The van der Waals surface area contributed by atoms with Crippen molar-refractivity contribution >= 4 is 28.3 Å². The molecule has 24 heavy (non-hydrogen) atoms. The summed E-state index contributed by atoms with van der Waals surface area (Å²) in [5.74, 6) is 0.375. The van der Waals surface area contributed by atoms with Crippen molar-refractivity contribution in [2.45, 2.75) is 30.2 Å². The first kappa shape index (κ1) is 19.2. The number of likely N-dealkylation sites (tertiary alicyclic amines) is 1. The lowest BCUT2D eigenvalue weighted by atomic mass is 10.1. The molecule has 1 aromatic carbocycles. The Morgan fingerprint density at radius 2 is 2.04 bits per heavy atom. The van der Waals surface area contributed by atoms with Crippen LogP contribution in [0.1, 0.15) is 29.6 Å². The van der Waals surface area contributed by atoms with E-state index < -0.39 is 10.0 Å². The Labute approximate surface area is 149 Å². The highest BCUT2D eigenvalue weighted by Crippen LogP contribution is 2.23. The maximum absolute atomic E-state index is 12.6. The topological polar surface area (TPSA) is 78.5 Å². The predicted octanol–water partition coefficient (Wildman–Crippen LogP) is 1.23. The third kappa shape index (κ3) is 4.47. The maximum atomic E-state index is 12.6. The quantitative estimate of drug-likeness (QED) is 0.786. The number of hydrogen-bond donors (Lipinski definition) is 2. The van der Waals surface area contributed by atoms with Crippen LogP contribution in [0, 0.1) is 5.92 Å². The molecule has 1 saturated carbocycles. The van der Waals surface area contributed by atoms with Gasteiger partial charge in [0.1, 0.15) is 0 Å². The summed E-state index contributed by atoms with van der Waals surface area (Å²) in [6, 6.07) is 6.40. The summed E-state index contributed by atoms with van der Waals surface area (Å²) in [4.78, 5) is 14.6. The van der Waals surface area contributed by atoms with E-state index in [1.54, 1.807) is 12.1 Å². The minimum atomic E-state index is -3.53. The van der Waals surface area contributed by atoms with Crippen molar-refractivity contribution in [2.75, 3.05) is 26.7 Å². The number of amides is 1. The molecule has 2 fully saturated rings. The van der Waals surface area contributed by atoms with E-state index in [0.717, 1.165) is 38.9 Å². The van der Waals surface area contributed by atoms with Crippen molar-refractivity contribution in [3.63, 3.8) is 0 Å². The first-order valence-electron chi connectivity index (χ1n) is 8.06. The smallest absolute Gasteiger partial charge is 0.253 e. The van der Waals surface area contributed by atoms with Crippen LogP contribution in [0.3, 0.4) is 0 Å². The second-order valence-corrected chi connectivity index (χ2v) is 8.10. The van der Waals surface area contributed by atoms with E-state index in [4.69, 9.17) is 0 Å². The molecule has 1 amide bonds. The third-order valence-electron chi connectivity index (χ3n) is 4.36. The molecule has 1 aliphatic carbocycles. The van der Waals surface area contributed by atoms with Crippen LogP contribution in [0.2, 0.25) is 0 Å². The van der Waals surface area contributed by atoms with Crippen LogP contribution in [0.25, 0.3) is 0 Å². The van der Waals surface area contributed by atoms with Crippen LogP contribution in [-0.4, -0.2) is 51.9 Å². The van der Waals surface area contributed by atoms with Crippen LogP contribution in [0.15, 0.2) is 29.2 Å². The highest BCUT2D eigenvalue weighted by molar-refractivity contribution is 7.89. The van der Waals surface area contributed by atoms with E-state index in [1.807, 2.05) is 11.9 Å². The summed E-state index contributed by atoms with van der Waals surface area (Å²) in [5.41, 5.74) is 0.439. The minimum Gasteiger partial charge on any atom is -0.338 e. The molecule has 3 rings (SSSR count). The Balaban J connectivity index is 0.00000208. The van der Waals surface area contributed by atoms with E-state index in [-0.39, 0.29) is 29.3 Å². The van der Waals surface area contributed by atoms with Gasteiger partial charge in [-0.1, -0.05) is 6.07 Å². The molecule has 6 nitrogen and oxygen atoms in total. The largest absolute Gasteiger partial charge is 0.338 e. The Morgan fingerprint density at radius 1 is 1.29 bits per heavy atom. The van der Waals surface area contributed by atoms with Gasteiger partial charge in [-0.15, -0.1) is 12.4 Å². The monoisotopic (exact) mass is 373 g/mol. The molecule has 1 aromatic rings. The van der Waals surface area contributed by atoms with Crippen molar-refractivity contribution in [1.82, 2.24) is 14.9 Å². The molecular formula is C16H24ClN3O3S. The molecular weight excluding hydrogens is 350 g/mol.